The van der Waals surface area contributed by atoms with Crippen molar-refractivity contribution in [2.45, 2.75) is 6.42 Å². The molecular formula is C11H9Br2ClFNO. The molecule has 1 aromatic rings. The summed E-state index contributed by atoms with van der Waals surface area (Å²) in [6.45, 7) is 0.529. The molecule has 1 aliphatic rings. The molecule has 17 heavy (non-hydrogen) atoms. The normalized spacial score (nSPS) is 20.1. The highest BCUT2D eigenvalue weighted by Gasteiger charge is 2.32. The number of anilines is 1. The number of hydrogen-bond donors (Lipinski definition) is 0. The van der Waals surface area contributed by atoms with Crippen LogP contribution >= 0.6 is 43.5 Å². The molecule has 1 aromatic carbocycles. The van der Waals surface area contributed by atoms with Crippen LogP contribution in [0.1, 0.15) is 6.42 Å². The van der Waals surface area contributed by atoms with Crippen molar-refractivity contribution in [3.8, 4) is 0 Å². The van der Waals surface area contributed by atoms with E-state index in [0.29, 0.717) is 22.5 Å². The molecule has 0 bridgehead atoms. The van der Waals surface area contributed by atoms with Gasteiger partial charge in [-0.1, -0.05) is 27.5 Å². The van der Waals surface area contributed by atoms with Gasteiger partial charge < -0.3 is 4.90 Å². The van der Waals surface area contributed by atoms with Crippen molar-refractivity contribution in [3.63, 3.8) is 0 Å². The molecule has 0 saturated carbocycles. The highest BCUT2D eigenvalue weighted by molar-refractivity contribution is 9.10. The van der Waals surface area contributed by atoms with Crippen molar-refractivity contribution in [1.82, 2.24) is 0 Å². The summed E-state index contributed by atoms with van der Waals surface area (Å²) in [7, 11) is 0. The predicted octanol–water partition coefficient (Wildman–Crippen LogP) is 3.99. The van der Waals surface area contributed by atoms with E-state index < -0.39 is 5.82 Å². The molecule has 2 rings (SSSR count). The van der Waals surface area contributed by atoms with Gasteiger partial charge in [0.05, 0.1) is 5.69 Å². The molecule has 0 spiro atoms. The van der Waals surface area contributed by atoms with Gasteiger partial charge >= 0.3 is 0 Å². The van der Waals surface area contributed by atoms with E-state index >= 15 is 0 Å². The highest BCUT2D eigenvalue weighted by Crippen LogP contribution is 2.36. The van der Waals surface area contributed by atoms with Gasteiger partial charge in [-0.2, -0.15) is 0 Å². The Morgan fingerprint density at radius 2 is 2.24 bits per heavy atom. The second-order valence-corrected chi connectivity index (χ2v) is 5.89. The SMILES string of the molecule is O=C1CC(CBr)CN1c1c(F)cc(Cl)cc1Br. The minimum absolute atomic E-state index is 0.0589. The lowest BCUT2D eigenvalue weighted by atomic mass is 10.2. The smallest absolute Gasteiger partial charge is 0.227 e. The Morgan fingerprint density at radius 1 is 1.53 bits per heavy atom. The first-order valence-electron chi connectivity index (χ1n) is 5.03. The maximum absolute atomic E-state index is 13.8. The monoisotopic (exact) mass is 383 g/mol. The Balaban J connectivity index is 2.38. The lowest BCUT2D eigenvalue weighted by molar-refractivity contribution is -0.117. The summed E-state index contributed by atoms with van der Waals surface area (Å²) in [4.78, 5) is 13.3. The van der Waals surface area contributed by atoms with E-state index in [1.165, 1.54) is 11.0 Å². The fourth-order valence-corrected chi connectivity index (χ4v) is 3.31. The van der Waals surface area contributed by atoms with Crippen molar-refractivity contribution < 1.29 is 9.18 Å². The fourth-order valence-electron chi connectivity index (χ4n) is 1.89. The van der Waals surface area contributed by atoms with Gasteiger partial charge in [0.2, 0.25) is 5.91 Å². The summed E-state index contributed by atoms with van der Waals surface area (Å²) in [5.74, 6) is -0.311. The molecule has 1 amide bonds. The van der Waals surface area contributed by atoms with Crippen molar-refractivity contribution >= 4 is 55.1 Å². The quantitative estimate of drug-likeness (QED) is 0.705. The van der Waals surface area contributed by atoms with Crippen LogP contribution in [0.25, 0.3) is 0 Å². The van der Waals surface area contributed by atoms with Gasteiger partial charge in [0, 0.05) is 27.8 Å². The van der Waals surface area contributed by atoms with Gasteiger partial charge in [-0.15, -0.1) is 0 Å². The average Bonchev–Trinajstić information content (AvgIpc) is 2.59. The third-order valence-corrected chi connectivity index (χ3v) is 4.41. The van der Waals surface area contributed by atoms with Crippen LogP contribution in [-0.4, -0.2) is 17.8 Å². The molecular weight excluding hydrogens is 376 g/mol. The number of alkyl halides is 1. The van der Waals surface area contributed by atoms with Crippen molar-refractivity contribution in [1.29, 1.82) is 0 Å². The Hall–Kier alpha value is -0.130. The number of carbonyl (C=O) groups is 1. The zero-order chi connectivity index (χ0) is 12.6. The van der Waals surface area contributed by atoms with Gasteiger partial charge in [0.25, 0.3) is 0 Å². The van der Waals surface area contributed by atoms with Crippen molar-refractivity contribution in [2.75, 3.05) is 16.8 Å². The van der Waals surface area contributed by atoms with Crippen molar-refractivity contribution in [3.05, 3.63) is 27.4 Å². The third kappa shape index (κ3) is 2.66. The molecule has 6 heteroatoms. The van der Waals surface area contributed by atoms with Gasteiger partial charge in [-0.3, -0.25) is 4.79 Å². The van der Waals surface area contributed by atoms with Crippen LogP contribution in [-0.2, 0) is 4.79 Å². The number of halogens is 4. The Kier molecular flexibility index (Phi) is 4.10. The molecule has 0 N–H and O–H groups in total. The standard InChI is InChI=1S/C11H9Br2ClFNO/c12-4-6-1-10(17)16(5-6)11-8(13)2-7(14)3-9(11)15/h2-3,6H,1,4-5H2. The Morgan fingerprint density at radius 3 is 2.76 bits per heavy atom. The van der Waals surface area contributed by atoms with E-state index in [9.17, 15) is 9.18 Å². The number of rotatable bonds is 2. The molecule has 0 aromatic heterocycles. The van der Waals surface area contributed by atoms with E-state index in [2.05, 4.69) is 31.9 Å². The summed E-state index contributed by atoms with van der Waals surface area (Å²) >= 11 is 12.3. The lowest BCUT2D eigenvalue weighted by Crippen LogP contribution is -2.26. The van der Waals surface area contributed by atoms with Gasteiger partial charge in [0.15, 0.2) is 0 Å². The predicted molar refractivity (Wildman–Crippen MR) is 73.4 cm³/mol. The molecule has 0 radical (unpaired) electrons. The van der Waals surface area contributed by atoms with Crippen LogP contribution in [0, 0.1) is 11.7 Å². The third-order valence-electron chi connectivity index (χ3n) is 2.67. The van der Waals surface area contributed by atoms with Crippen LogP contribution in [0.2, 0.25) is 5.02 Å². The minimum Gasteiger partial charge on any atom is -0.308 e. The molecule has 2 nitrogen and oxygen atoms in total. The molecule has 1 saturated heterocycles. The van der Waals surface area contributed by atoms with E-state index in [0.717, 1.165) is 5.33 Å². The highest BCUT2D eigenvalue weighted by atomic mass is 79.9. The zero-order valence-corrected chi connectivity index (χ0v) is 12.6. The first-order valence-corrected chi connectivity index (χ1v) is 7.33. The van der Waals surface area contributed by atoms with Crippen LogP contribution in [0.15, 0.2) is 16.6 Å². The van der Waals surface area contributed by atoms with Gasteiger partial charge in [0.1, 0.15) is 5.82 Å². The summed E-state index contributed by atoms with van der Waals surface area (Å²) in [6.07, 6.45) is 0.444. The molecule has 1 aliphatic heterocycles. The molecule has 0 aliphatic carbocycles. The number of amides is 1. The largest absolute Gasteiger partial charge is 0.308 e. The molecule has 1 unspecified atom stereocenters. The maximum atomic E-state index is 13.8. The van der Waals surface area contributed by atoms with Crippen LogP contribution in [0.4, 0.5) is 10.1 Å². The number of benzene rings is 1. The molecule has 1 atom stereocenters. The number of hydrogen-bond acceptors (Lipinski definition) is 1. The molecule has 1 fully saturated rings. The average molecular weight is 385 g/mol. The van der Waals surface area contributed by atoms with Crippen LogP contribution < -0.4 is 4.90 Å². The fraction of sp³-hybridized carbons (Fsp3) is 0.364. The summed E-state index contributed by atoms with van der Waals surface area (Å²) < 4.78 is 14.4. The second kappa shape index (κ2) is 5.24. The summed E-state index contributed by atoms with van der Waals surface area (Å²) in [6, 6.07) is 2.81. The van der Waals surface area contributed by atoms with Gasteiger partial charge in [-0.05, 0) is 34.0 Å². The van der Waals surface area contributed by atoms with E-state index in [1.54, 1.807) is 6.07 Å². The first kappa shape index (κ1) is 13.3. The summed E-state index contributed by atoms with van der Waals surface area (Å²) in [5.41, 5.74) is 0.280. The van der Waals surface area contributed by atoms with Crippen molar-refractivity contribution in [2.24, 2.45) is 5.92 Å². The zero-order valence-electron chi connectivity index (χ0n) is 8.72. The minimum atomic E-state index is -0.479. The summed E-state index contributed by atoms with van der Waals surface area (Å²) in [5, 5.41) is 1.05. The topological polar surface area (TPSA) is 20.3 Å². The van der Waals surface area contributed by atoms with Gasteiger partial charge in [-0.25, -0.2) is 4.39 Å². The number of nitrogens with zero attached hydrogens (tertiary/aromatic N) is 1. The van der Waals surface area contributed by atoms with Crippen LogP contribution in [0.5, 0.6) is 0 Å². The molecule has 1 heterocycles. The Labute approximate surface area is 120 Å². The van der Waals surface area contributed by atoms with E-state index in [1.807, 2.05) is 0 Å². The molecule has 92 valence electrons. The number of carbonyl (C=O) groups excluding carboxylic acids is 1. The lowest BCUT2D eigenvalue weighted by Gasteiger charge is -2.19. The first-order chi connectivity index (χ1) is 8.02. The maximum Gasteiger partial charge on any atom is 0.227 e. The second-order valence-electron chi connectivity index (χ2n) is 3.95. The Bertz CT molecular complexity index is 446. The van der Waals surface area contributed by atoms with Crippen LogP contribution in [0.3, 0.4) is 0 Å². The van der Waals surface area contributed by atoms with E-state index in [4.69, 9.17) is 11.6 Å². The van der Waals surface area contributed by atoms with E-state index in [-0.39, 0.29) is 17.5 Å².